The SMILES string of the molecule is O=C(O)c1cnn(-c2nc3cc(Oc4ccc(F)c(Cl)c4)c(Cl)cc3[nH]2)c1. The summed E-state index contributed by atoms with van der Waals surface area (Å²) in [7, 11) is 0. The lowest BCUT2D eigenvalue weighted by atomic mass is 10.3. The second kappa shape index (κ2) is 6.57. The maximum Gasteiger partial charge on any atom is 0.338 e. The fraction of sp³-hybridized carbons (Fsp3) is 0. The highest BCUT2D eigenvalue weighted by atomic mass is 35.5. The van der Waals surface area contributed by atoms with Gasteiger partial charge in [-0.1, -0.05) is 23.2 Å². The number of H-pyrrole nitrogens is 1. The molecule has 136 valence electrons. The Morgan fingerprint density at radius 1 is 1.22 bits per heavy atom. The lowest BCUT2D eigenvalue weighted by Crippen LogP contribution is -1.97. The van der Waals surface area contributed by atoms with Crippen LogP contribution in [0, 0.1) is 5.82 Å². The van der Waals surface area contributed by atoms with Gasteiger partial charge in [0.15, 0.2) is 0 Å². The van der Waals surface area contributed by atoms with Crippen LogP contribution in [0.5, 0.6) is 11.5 Å². The van der Waals surface area contributed by atoms with Gasteiger partial charge in [-0.2, -0.15) is 5.10 Å². The Hall–Kier alpha value is -3.10. The molecule has 0 spiro atoms. The molecule has 2 aromatic heterocycles. The fourth-order valence-electron chi connectivity index (χ4n) is 2.40. The summed E-state index contributed by atoms with van der Waals surface area (Å²) < 4.78 is 20.2. The van der Waals surface area contributed by atoms with Gasteiger partial charge in [-0.3, -0.25) is 0 Å². The van der Waals surface area contributed by atoms with Crippen molar-refractivity contribution < 1.29 is 19.0 Å². The number of nitrogens with zero attached hydrogens (tertiary/aromatic N) is 3. The molecule has 27 heavy (non-hydrogen) atoms. The number of fused-ring (bicyclic) bond motifs is 1. The molecular weight excluding hydrogens is 398 g/mol. The van der Waals surface area contributed by atoms with E-state index in [-0.39, 0.29) is 10.6 Å². The maximum absolute atomic E-state index is 13.3. The summed E-state index contributed by atoms with van der Waals surface area (Å²) in [6.45, 7) is 0. The molecule has 0 saturated heterocycles. The van der Waals surface area contributed by atoms with Crippen molar-refractivity contribution in [3.63, 3.8) is 0 Å². The number of benzene rings is 2. The third kappa shape index (κ3) is 3.32. The molecule has 2 aromatic carbocycles. The van der Waals surface area contributed by atoms with Gasteiger partial charge < -0.3 is 14.8 Å². The molecule has 2 N–H and O–H groups in total. The highest BCUT2D eigenvalue weighted by molar-refractivity contribution is 6.32. The Morgan fingerprint density at radius 3 is 2.74 bits per heavy atom. The van der Waals surface area contributed by atoms with Gasteiger partial charge in [0.05, 0.1) is 32.8 Å². The fourth-order valence-corrected chi connectivity index (χ4v) is 2.77. The van der Waals surface area contributed by atoms with E-state index in [0.29, 0.717) is 33.5 Å². The van der Waals surface area contributed by atoms with Crippen molar-refractivity contribution >= 4 is 40.2 Å². The molecule has 0 radical (unpaired) electrons. The van der Waals surface area contributed by atoms with Crippen LogP contribution in [0.1, 0.15) is 10.4 Å². The van der Waals surface area contributed by atoms with E-state index in [1.54, 1.807) is 12.1 Å². The number of carboxylic acid groups (broad SMARTS) is 1. The number of rotatable bonds is 4. The van der Waals surface area contributed by atoms with E-state index >= 15 is 0 Å². The number of aromatic nitrogens is 4. The molecule has 0 aliphatic rings. The smallest absolute Gasteiger partial charge is 0.338 e. The Bertz CT molecular complexity index is 1190. The van der Waals surface area contributed by atoms with Gasteiger partial charge in [-0.05, 0) is 18.2 Å². The van der Waals surface area contributed by atoms with Crippen molar-refractivity contribution in [2.75, 3.05) is 0 Å². The number of aromatic amines is 1. The molecule has 4 aromatic rings. The Balaban J connectivity index is 1.70. The number of imidazole rings is 1. The highest BCUT2D eigenvalue weighted by Crippen LogP contribution is 2.34. The van der Waals surface area contributed by atoms with Crippen molar-refractivity contribution in [3.8, 4) is 17.4 Å². The lowest BCUT2D eigenvalue weighted by molar-refractivity contribution is 0.0697. The molecule has 0 saturated carbocycles. The summed E-state index contributed by atoms with van der Waals surface area (Å²) >= 11 is 12.0. The minimum atomic E-state index is -1.09. The first-order valence-corrected chi connectivity index (χ1v) is 8.27. The number of carbonyl (C=O) groups is 1. The van der Waals surface area contributed by atoms with Crippen LogP contribution in [-0.2, 0) is 0 Å². The van der Waals surface area contributed by atoms with Crippen LogP contribution in [-0.4, -0.2) is 30.8 Å². The molecule has 0 aliphatic carbocycles. The molecular formula is C17H9Cl2FN4O3. The Morgan fingerprint density at radius 2 is 2.04 bits per heavy atom. The largest absolute Gasteiger partial charge is 0.478 e. The lowest BCUT2D eigenvalue weighted by Gasteiger charge is -2.08. The van der Waals surface area contributed by atoms with Crippen molar-refractivity contribution in [3.05, 3.63) is 64.2 Å². The van der Waals surface area contributed by atoms with E-state index in [1.807, 2.05) is 0 Å². The van der Waals surface area contributed by atoms with E-state index in [9.17, 15) is 9.18 Å². The number of ether oxygens (including phenoxy) is 1. The second-order valence-electron chi connectivity index (χ2n) is 5.52. The van der Waals surface area contributed by atoms with Crippen molar-refractivity contribution in [1.82, 2.24) is 19.7 Å². The molecule has 7 nitrogen and oxygen atoms in total. The Labute approximate surface area is 160 Å². The molecule has 4 rings (SSSR count). The molecule has 2 heterocycles. The zero-order valence-corrected chi connectivity index (χ0v) is 14.8. The first-order chi connectivity index (χ1) is 12.9. The third-order valence-corrected chi connectivity index (χ3v) is 4.27. The van der Waals surface area contributed by atoms with Crippen LogP contribution in [0.15, 0.2) is 42.7 Å². The first kappa shape index (κ1) is 17.3. The zero-order valence-electron chi connectivity index (χ0n) is 13.3. The van der Waals surface area contributed by atoms with E-state index in [2.05, 4.69) is 15.1 Å². The molecule has 0 fully saturated rings. The van der Waals surface area contributed by atoms with Gasteiger partial charge in [-0.25, -0.2) is 18.9 Å². The maximum atomic E-state index is 13.3. The van der Waals surface area contributed by atoms with Gasteiger partial charge in [0.25, 0.3) is 0 Å². The summed E-state index contributed by atoms with van der Waals surface area (Å²) in [4.78, 5) is 18.3. The van der Waals surface area contributed by atoms with Crippen LogP contribution in [0.3, 0.4) is 0 Å². The predicted molar refractivity (Wildman–Crippen MR) is 96.7 cm³/mol. The van der Waals surface area contributed by atoms with Crippen LogP contribution >= 0.6 is 23.2 Å². The van der Waals surface area contributed by atoms with E-state index in [1.165, 1.54) is 35.3 Å². The minimum Gasteiger partial charge on any atom is -0.478 e. The molecule has 10 heteroatoms. The molecule has 0 bridgehead atoms. The van der Waals surface area contributed by atoms with E-state index < -0.39 is 11.8 Å². The third-order valence-electron chi connectivity index (χ3n) is 3.69. The predicted octanol–water partition coefficient (Wildman–Crippen LogP) is 4.69. The van der Waals surface area contributed by atoms with Gasteiger partial charge in [0, 0.05) is 18.3 Å². The summed E-state index contributed by atoms with van der Waals surface area (Å²) in [5.41, 5.74) is 1.16. The second-order valence-corrected chi connectivity index (χ2v) is 6.33. The van der Waals surface area contributed by atoms with Crippen molar-refractivity contribution in [2.24, 2.45) is 0 Å². The molecule has 0 atom stereocenters. The monoisotopic (exact) mass is 406 g/mol. The minimum absolute atomic E-state index is 0.0331. The highest BCUT2D eigenvalue weighted by Gasteiger charge is 2.13. The van der Waals surface area contributed by atoms with Crippen molar-refractivity contribution in [1.29, 1.82) is 0 Å². The summed E-state index contributed by atoms with van der Waals surface area (Å²) in [6, 6.07) is 7.15. The van der Waals surface area contributed by atoms with Gasteiger partial charge in [0.1, 0.15) is 17.3 Å². The number of aromatic carboxylic acids is 1. The van der Waals surface area contributed by atoms with Crippen LogP contribution in [0.25, 0.3) is 17.0 Å². The quantitative estimate of drug-likeness (QED) is 0.512. The zero-order chi connectivity index (χ0) is 19.1. The number of carboxylic acids is 1. The van der Waals surface area contributed by atoms with Crippen LogP contribution < -0.4 is 4.74 Å². The molecule has 0 aliphatic heterocycles. The average Bonchev–Trinajstić information content (AvgIpc) is 3.25. The van der Waals surface area contributed by atoms with Crippen molar-refractivity contribution in [2.45, 2.75) is 0 Å². The number of nitrogens with one attached hydrogen (secondary N) is 1. The topological polar surface area (TPSA) is 93.0 Å². The first-order valence-electron chi connectivity index (χ1n) is 7.51. The summed E-state index contributed by atoms with van der Waals surface area (Å²) in [5, 5.41) is 13.2. The van der Waals surface area contributed by atoms with Gasteiger partial charge in [0.2, 0.25) is 5.95 Å². The van der Waals surface area contributed by atoms with E-state index in [4.69, 9.17) is 33.0 Å². The number of halogens is 3. The van der Waals surface area contributed by atoms with Gasteiger partial charge >= 0.3 is 5.97 Å². The molecule has 0 amide bonds. The van der Waals surface area contributed by atoms with Crippen LogP contribution in [0.2, 0.25) is 10.0 Å². The normalized spacial score (nSPS) is 11.1. The average molecular weight is 407 g/mol. The summed E-state index contributed by atoms with van der Waals surface area (Å²) in [5.74, 6) is -0.708. The number of hydrogen-bond acceptors (Lipinski definition) is 4. The van der Waals surface area contributed by atoms with Gasteiger partial charge in [-0.15, -0.1) is 0 Å². The Kier molecular flexibility index (Phi) is 4.21. The summed E-state index contributed by atoms with van der Waals surface area (Å²) in [6.07, 6.45) is 2.55. The number of hydrogen-bond donors (Lipinski definition) is 2. The van der Waals surface area contributed by atoms with Crippen LogP contribution in [0.4, 0.5) is 4.39 Å². The molecule has 0 unspecified atom stereocenters. The standard InChI is InChI=1S/C17H9Cl2FN4O3/c18-10-3-9(1-2-12(10)20)27-15-5-14-13(4-11(15)19)22-17(23-14)24-7-8(6-21-24)16(25)26/h1-7H,(H,22,23)(H,25,26). The van der Waals surface area contributed by atoms with E-state index in [0.717, 1.165) is 0 Å².